The monoisotopic (exact) mass is 181 g/mol. The van der Waals surface area contributed by atoms with Crippen molar-refractivity contribution in [2.75, 3.05) is 0 Å². The Balaban J connectivity index is 2.52. The fourth-order valence-corrected chi connectivity index (χ4v) is 0.864. The fraction of sp³-hybridized carbons (Fsp3) is 0. The molecule has 0 aliphatic heterocycles. The molecule has 0 amide bonds. The predicted octanol–water partition coefficient (Wildman–Crippen LogP) is 0.368. The molecule has 1 N–H and O–H groups in total. The number of aromatic nitrogens is 4. The number of nitro groups is 1. The van der Waals surface area contributed by atoms with Crippen molar-refractivity contribution >= 4 is 5.69 Å². The summed E-state index contributed by atoms with van der Waals surface area (Å²) in [6, 6.07) is 0. The van der Waals surface area contributed by atoms with Gasteiger partial charge in [0, 0.05) is 0 Å². The van der Waals surface area contributed by atoms with Crippen LogP contribution in [0.4, 0.5) is 5.69 Å². The average Bonchev–Trinajstić information content (AvgIpc) is 2.74. The normalized spacial score (nSPS) is 10.2. The third kappa shape index (κ3) is 1.13. The van der Waals surface area contributed by atoms with E-state index in [0.29, 0.717) is 0 Å². The maximum Gasteiger partial charge on any atom is 0.318 e. The van der Waals surface area contributed by atoms with Crippen LogP contribution >= 0.6 is 0 Å². The molecule has 0 radical (unpaired) electrons. The van der Waals surface area contributed by atoms with E-state index >= 15 is 0 Å². The summed E-state index contributed by atoms with van der Waals surface area (Å²) in [5.74, 6) is 0.115. The minimum atomic E-state index is -0.574. The molecule has 0 unspecified atom stereocenters. The highest BCUT2D eigenvalue weighted by atomic mass is 16.6. The van der Waals surface area contributed by atoms with Gasteiger partial charge in [-0.3, -0.25) is 15.2 Å². The molecule has 8 nitrogen and oxygen atoms in total. The molecule has 0 aliphatic carbocycles. The molecule has 0 atom stereocenters. The Bertz CT molecular complexity index is 419. The first-order valence-corrected chi connectivity index (χ1v) is 3.23. The molecule has 0 saturated heterocycles. The summed E-state index contributed by atoms with van der Waals surface area (Å²) in [4.78, 5) is 13.5. The Hall–Kier alpha value is -2.25. The molecule has 0 saturated carbocycles. The van der Waals surface area contributed by atoms with Crippen molar-refractivity contribution in [1.82, 2.24) is 20.3 Å². The van der Waals surface area contributed by atoms with Gasteiger partial charge in [0.1, 0.15) is 6.20 Å². The largest absolute Gasteiger partial charge is 0.342 e. The van der Waals surface area contributed by atoms with Gasteiger partial charge in [0.05, 0.1) is 4.92 Å². The lowest BCUT2D eigenvalue weighted by molar-refractivity contribution is -0.384. The van der Waals surface area contributed by atoms with Gasteiger partial charge < -0.3 is 4.52 Å². The molecule has 0 aliphatic rings. The maximum atomic E-state index is 10.4. The van der Waals surface area contributed by atoms with Crippen molar-refractivity contribution in [1.29, 1.82) is 0 Å². The molecule has 2 rings (SSSR count). The highest BCUT2D eigenvalue weighted by Crippen LogP contribution is 2.23. The molecule has 0 aromatic carbocycles. The maximum absolute atomic E-state index is 10.4. The Morgan fingerprint density at radius 3 is 3.08 bits per heavy atom. The zero-order chi connectivity index (χ0) is 9.26. The minimum Gasteiger partial charge on any atom is -0.342 e. The molecule has 0 bridgehead atoms. The van der Waals surface area contributed by atoms with Crippen LogP contribution in [0.1, 0.15) is 0 Å². The van der Waals surface area contributed by atoms with Crippen molar-refractivity contribution in [2.24, 2.45) is 0 Å². The van der Waals surface area contributed by atoms with E-state index in [0.717, 1.165) is 12.6 Å². The standard InChI is InChI=1S/C5H3N5O3/c11-10(12)3-1-7-8-4(3)5-6-2-13-9-5/h1-2H,(H,7,8). The van der Waals surface area contributed by atoms with Gasteiger partial charge in [0.25, 0.3) is 0 Å². The summed E-state index contributed by atoms with van der Waals surface area (Å²) in [6.45, 7) is 0. The van der Waals surface area contributed by atoms with E-state index in [-0.39, 0.29) is 17.2 Å². The van der Waals surface area contributed by atoms with Crippen LogP contribution in [0.15, 0.2) is 17.1 Å². The number of nitrogens with zero attached hydrogens (tertiary/aromatic N) is 4. The Morgan fingerprint density at radius 2 is 2.46 bits per heavy atom. The summed E-state index contributed by atoms with van der Waals surface area (Å²) >= 11 is 0. The predicted molar refractivity (Wildman–Crippen MR) is 38.5 cm³/mol. The Labute approximate surface area is 70.7 Å². The summed E-state index contributed by atoms with van der Waals surface area (Å²) in [6.07, 6.45) is 2.17. The van der Waals surface area contributed by atoms with E-state index in [1.54, 1.807) is 0 Å². The van der Waals surface area contributed by atoms with Crippen LogP contribution in [0.2, 0.25) is 0 Å². The smallest absolute Gasteiger partial charge is 0.318 e. The number of aromatic amines is 1. The molecule has 8 heteroatoms. The molecule has 2 aromatic rings. The first-order valence-electron chi connectivity index (χ1n) is 3.23. The van der Waals surface area contributed by atoms with Gasteiger partial charge in [-0.25, -0.2) is 0 Å². The average molecular weight is 181 g/mol. The first-order chi connectivity index (χ1) is 6.29. The topological polar surface area (TPSA) is 111 Å². The fourth-order valence-electron chi connectivity index (χ4n) is 0.864. The van der Waals surface area contributed by atoms with E-state index < -0.39 is 4.92 Å². The van der Waals surface area contributed by atoms with Crippen molar-refractivity contribution < 1.29 is 9.45 Å². The van der Waals surface area contributed by atoms with Gasteiger partial charge in [-0.1, -0.05) is 5.16 Å². The molecular formula is C5H3N5O3. The van der Waals surface area contributed by atoms with Crippen molar-refractivity contribution in [3.63, 3.8) is 0 Å². The quantitative estimate of drug-likeness (QED) is 0.529. The Kier molecular flexibility index (Phi) is 1.51. The lowest BCUT2D eigenvalue weighted by Gasteiger charge is -1.87. The minimum absolute atomic E-state index is 0.115. The summed E-state index contributed by atoms with van der Waals surface area (Å²) in [5.41, 5.74) is -0.0415. The van der Waals surface area contributed by atoms with E-state index in [1.807, 2.05) is 0 Å². The Morgan fingerprint density at radius 1 is 1.62 bits per heavy atom. The molecule has 0 fully saturated rings. The summed E-state index contributed by atoms with van der Waals surface area (Å²) in [5, 5.41) is 19.8. The van der Waals surface area contributed by atoms with Gasteiger partial charge in [-0.05, 0) is 0 Å². The van der Waals surface area contributed by atoms with Crippen LogP contribution in [-0.2, 0) is 0 Å². The number of hydrogen-bond donors (Lipinski definition) is 1. The van der Waals surface area contributed by atoms with Crippen LogP contribution in [0.25, 0.3) is 11.5 Å². The van der Waals surface area contributed by atoms with Crippen LogP contribution in [0.3, 0.4) is 0 Å². The second-order valence-electron chi connectivity index (χ2n) is 2.14. The van der Waals surface area contributed by atoms with Gasteiger partial charge in [-0.15, -0.1) is 0 Å². The molecule has 13 heavy (non-hydrogen) atoms. The second kappa shape index (κ2) is 2.66. The lowest BCUT2D eigenvalue weighted by atomic mass is 10.3. The summed E-state index contributed by atoms with van der Waals surface area (Å²) < 4.78 is 4.44. The van der Waals surface area contributed by atoms with Gasteiger partial charge >= 0.3 is 5.69 Å². The number of hydrogen-bond acceptors (Lipinski definition) is 6. The van der Waals surface area contributed by atoms with E-state index in [4.69, 9.17) is 0 Å². The molecule has 2 aromatic heterocycles. The molecule has 0 spiro atoms. The third-order valence-electron chi connectivity index (χ3n) is 1.40. The second-order valence-corrected chi connectivity index (χ2v) is 2.14. The third-order valence-corrected chi connectivity index (χ3v) is 1.40. The van der Waals surface area contributed by atoms with Crippen LogP contribution < -0.4 is 0 Å². The van der Waals surface area contributed by atoms with Crippen molar-refractivity contribution in [2.45, 2.75) is 0 Å². The molecular weight excluding hydrogens is 178 g/mol. The highest BCUT2D eigenvalue weighted by Gasteiger charge is 2.20. The van der Waals surface area contributed by atoms with E-state index in [2.05, 4.69) is 24.9 Å². The first kappa shape index (κ1) is 7.40. The zero-order valence-electron chi connectivity index (χ0n) is 6.17. The van der Waals surface area contributed by atoms with Crippen LogP contribution in [-0.4, -0.2) is 25.3 Å². The van der Waals surface area contributed by atoms with E-state index in [9.17, 15) is 10.1 Å². The van der Waals surface area contributed by atoms with Crippen LogP contribution in [0, 0.1) is 10.1 Å². The number of nitrogens with one attached hydrogen (secondary N) is 1. The number of H-pyrrole nitrogens is 1. The van der Waals surface area contributed by atoms with Crippen LogP contribution in [0.5, 0.6) is 0 Å². The summed E-state index contributed by atoms with van der Waals surface area (Å²) in [7, 11) is 0. The highest BCUT2D eigenvalue weighted by molar-refractivity contribution is 5.61. The molecule has 66 valence electrons. The van der Waals surface area contributed by atoms with Gasteiger partial charge in [0.2, 0.25) is 12.2 Å². The SMILES string of the molecule is O=[N+]([O-])c1cn[nH]c1-c1ncon1. The van der Waals surface area contributed by atoms with Crippen molar-refractivity contribution in [3.05, 3.63) is 22.7 Å². The van der Waals surface area contributed by atoms with Gasteiger partial charge in [0.15, 0.2) is 5.69 Å². The van der Waals surface area contributed by atoms with E-state index in [1.165, 1.54) is 0 Å². The molecule has 2 heterocycles. The number of rotatable bonds is 2. The van der Waals surface area contributed by atoms with Gasteiger partial charge in [-0.2, -0.15) is 10.1 Å². The lowest BCUT2D eigenvalue weighted by Crippen LogP contribution is -1.90. The van der Waals surface area contributed by atoms with Crippen molar-refractivity contribution in [3.8, 4) is 11.5 Å². The zero-order valence-corrected chi connectivity index (χ0v) is 6.17.